The summed E-state index contributed by atoms with van der Waals surface area (Å²) in [5.74, 6) is 0.0736. The van der Waals surface area contributed by atoms with Crippen LogP contribution < -0.4 is 4.90 Å². The van der Waals surface area contributed by atoms with Gasteiger partial charge in [0.25, 0.3) is 5.91 Å². The van der Waals surface area contributed by atoms with E-state index in [1.807, 2.05) is 24.3 Å². The van der Waals surface area contributed by atoms with Crippen molar-refractivity contribution in [3.05, 3.63) is 81.9 Å². The van der Waals surface area contributed by atoms with Crippen molar-refractivity contribution in [1.82, 2.24) is 5.16 Å². The number of benzene rings is 2. The minimum absolute atomic E-state index is 0.184. The van der Waals surface area contributed by atoms with E-state index in [9.17, 15) is 13.2 Å². The molecule has 2 heterocycles. The highest BCUT2D eigenvalue weighted by Gasteiger charge is 2.35. The van der Waals surface area contributed by atoms with E-state index in [1.165, 1.54) is 4.90 Å². The molecule has 0 saturated heterocycles. The molecule has 1 aliphatic rings. The average Bonchev–Trinajstić information content (AvgIpc) is 3.30. The van der Waals surface area contributed by atoms with E-state index in [-0.39, 0.29) is 11.3 Å². The molecule has 1 aromatic heterocycles. The van der Waals surface area contributed by atoms with Gasteiger partial charge < -0.3 is 9.42 Å². The van der Waals surface area contributed by atoms with Gasteiger partial charge in [-0.05, 0) is 42.7 Å². The average molecular weight is 471 g/mol. The van der Waals surface area contributed by atoms with Gasteiger partial charge >= 0.3 is 0 Å². The predicted molar refractivity (Wildman–Crippen MR) is 126 cm³/mol. The highest BCUT2D eigenvalue weighted by molar-refractivity contribution is 7.94. The van der Waals surface area contributed by atoms with E-state index < -0.39 is 21.8 Å². The molecule has 32 heavy (non-hydrogen) atoms. The van der Waals surface area contributed by atoms with E-state index in [4.69, 9.17) is 16.1 Å². The molecule has 166 valence electrons. The summed E-state index contributed by atoms with van der Waals surface area (Å²) in [5, 5.41) is 5.69. The summed E-state index contributed by atoms with van der Waals surface area (Å²) in [4.78, 5) is 15.4. The number of sulfone groups is 1. The van der Waals surface area contributed by atoms with Gasteiger partial charge in [-0.1, -0.05) is 60.9 Å². The number of hydrogen-bond acceptors (Lipinski definition) is 5. The van der Waals surface area contributed by atoms with Crippen molar-refractivity contribution in [2.45, 2.75) is 32.7 Å². The summed E-state index contributed by atoms with van der Waals surface area (Å²) < 4.78 is 29.7. The Balaban J connectivity index is 1.83. The molecule has 0 bridgehead atoms. The maximum atomic E-state index is 13.9. The number of amides is 1. The van der Waals surface area contributed by atoms with E-state index in [0.717, 1.165) is 11.0 Å². The second kappa shape index (κ2) is 8.56. The monoisotopic (exact) mass is 470 g/mol. The molecular weight excluding hydrogens is 448 g/mol. The van der Waals surface area contributed by atoms with E-state index in [0.29, 0.717) is 33.6 Å². The Morgan fingerprint density at radius 1 is 1.16 bits per heavy atom. The molecule has 3 aromatic rings. The Hall–Kier alpha value is -2.90. The topological polar surface area (TPSA) is 80.5 Å². The Labute approximate surface area is 192 Å². The van der Waals surface area contributed by atoms with Crippen LogP contribution in [0.25, 0.3) is 11.3 Å². The van der Waals surface area contributed by atoms with Crippen LogP contribution in [0.3, 0.4) is 0 Å². The first kappa shape index (κ1) is 22.3. The summed E-state index contributed by atoms with van der Waals surface area (Å²) in [5.41, 5.74) is 2.86. The molecule has 0 saturated carbocycles. The van der Waals surface area contributed by atoms with Gasteiger partial charge in [0.05, 0.1) is 16.8 Å². The van der Waals surface area contributed by atoms with E-state index in [1.54, 1.807) is 37.3 Å². The fourth-order valence-corrected chi connectivity index (χ4v) is 5.27. The molecule has 0 spiro atoms. The number of anilines is 1. The van der Waals surface area contributed by atoms with Crippen LogP contribution in [0.15, 0.2) is 64.5 Å². The molecule has 1 aliphatic heterocycles. The number of carbonyl (C=O) groups excluding carboxylic acids is 1. The minimum Gasteiger partial charge on any atom is -0.360 e. The standard InChI is InChI=1S/C24H23ClN2O4S/c1-15(2)17-8-10-18(11-9-17)27(19-12-13-32(29,30)14-19)24(28)22-16(3)31-26-23(22)20-6-4-5-7-21(20)25/h4-13,15,19H,14H2,1-3H3/t19-/m1/s1. The molecule has 0 aliphatic carbocycles. The summed E-state index contributed by atoms with van der Waals surface area (Å²) in [6, 6.07) is 14.0. The van der Waals surface area contributed by atoms with Crippen LogP contribution in [0.5, 0.6) is 0 Å². The fraction of sp³-hybridized carbons (Fsp3) is 0.250. The van der Waals surface area contributed by atoms with Crippen molar-refractivity contribution in [1.29, 1.82) is 0 Å². The van der Waals surface area contributed by atoms with Crippen LogP contribution in [-0.4, -0.2) is 31.3 Å². The predicted octanol–water partition coefficient (Wildman–Crippen LogP) is 5.38. The first-order chi connectivity index (χ1) is 15.2. The summed E-state index contributed by atoms with van der Waals surface area (Å²) in [7, 11) is -3.39. The largest absolute Gasteiger partial charge is 0.360 e. The quantitative estimate of drug-likeness (QED) is 0.499. The van der Waals surface area contributed by atoms with Crippen LogP contribution in [0.1, 0.15) is 41.4 Å². The Bertz CT molecular complexity index is 1290. The van der Waals surface area contributed by atoms with Gasteiger partial charge in [0.15, 0.2) is 9.84 Å². The van der Waals surface area contributed by atoms with Gasteiger partial charge in [0, 0.05) is 16.7 Å². The van der Waals surface area contributed by atoms with Gasteiger partial charge in [-0.3, -0.25) is 4.79 Å². The van der Waals surface area contributed by atoms with Crippen molar-refractivity contribution in [2.75, 3.05) is 10.7 Å². The molecule has 1 atom stereocenters. The third kappa shape index (κ3) is 4.23. The lowest BCUT2D eigenvalue weighted by molar-refractivity contribution is 0.0982. The normalized spacial score (nSPS) is 17.1. The molecule has 8 heteroatoms. The zero-order chi connectivity index (χ0) is 23.0. The smallest absolute Gasteiger partial charge is 0.264 e. The summed E-state index contributed by atoms with van der Waals surface area (Å²) in [6.45, 7) is 5.82. The van der Waals surface area contributed by atoms with Crippen molar-refractivity contribution < 1.29 is 17.7 Å². The van der Waals surface area contributed by atoms with Crippen LogP contribution in [0, 0.1) is 6.92 Å². The maximum absolute atomic E-state index is 13.9. The number of hydrogen-bond donors (Lipinski definition) is 0. The molecular formula is C24H23ClN2O4S. The molecule has 0 N–H and O–H groups in total. The van der Waals surface area contributed by atoms with E-state index in [2.05, 4.69) is 19.0 Å². The Kier molecular flexibility index (Phi) is 5.97. The van der Waals surface area contributed by atoms with Gasteiger partial charge in [0.1, 0.15) is 17.0 Å². The lowest BCUT2D eigenvalue weighted by atomic mass is 10.0. The highest BCUT2D eigenvalue weighted by atomic mass is 35.5. The molecule has 6 nitrogen and oxygen atoms in total. The first-order valence-electron chi connectivity index (χ1n) is 10.2. The van der Waals surface area contributed by atoms with Gasteiger partial charge in [-0.2, -0.15) is 0 Å². The number of rotatable bonds is 5. The van der Waals surface area contributed by atoms with Crippen LogP contribution >= 0.6 is 11.6 Å². The van der Waals surface area contributed by atoms with Crippen molar-refractivity contribution in [3.8, 4) is 11.3 Å². The molecule has 1 amide bonds. The number of aromatic nitrogens is 1. The Morgan fingerprint density at radius 2 is 1.84 bits per heavy atom. The van der Waals surface area contributed by atoms with Crippen LogP contribution in [-0.2, 0) is 9.84 Å². The second-order valence-electron chi connectivity index (χ2n) is 8.09. The van der Waals surface area contributed by atoms with Crippen molar-refractivity contribution in [3.63, 3.8) is 0 Å². The minimum atomic E-state index is -3.39. The SMILES string of the molecule is Cc1onc(-c2ccccc2Cl)c1C(=O)N(c1ccc(C(C)C)cc1)[C@@H]1C=CS(=O)(=O)C1. The van der Waals surface area contributed by atoms with E-state index >= 15 is 0 Å². The maximum Gasteiger partial charge on any atom is 0.264 e. The number of carbonyl (C=O) groups is 1. The Morgan fingerprint density at radius 3 is 2.44 bits per heavy atom. The summed E-state index contributed by atoms with van der Waals surface area (Å²) in [6.07, 6.45) is 1.54. The number of halogens is 1. The van der Waals surface area contributed by atoms with Crippen LogP contribution in [0.4, 0.5) is 5.69 Å². The van der Waals surface area contributed by atoms with Gasteiger partial charge in [-0.15, -0.1) is 0 Å². The number of nitrogens with zero attached hydrogens (tertiary/aromatic N) is 2. The zero-order valence-electron chi connectivity index (χ0n) is 17.9. The molecule has 2 aromatic carbocycles. The van der Waals surface area contributed by atoms with Gasteiger partial charge in [0.2, 0.25) is 0 Å². The molecule has 0 radical (unpaired) electrons. The fourth-order valence-electron chi connectivity index (χ4n) is 3.78. The van der Waals surface area contributed by atoms with Gasteiger partial charge in [-0.25, -0.2) is 8.42 Å². The second-order valence-corrected chi connectivity index (χ2v) is 10.4. The van der Waals surface area contributed by atoms with Crippen molar-refractivity contribution >= 4 is 33.0 Å². The first-order valence-corrected chi connectivity index (χ1v) is 12.3. The third-order valence-electron chi connectivity index (χ3n) is 5.51. The zero-order valence-corrected chi connectivity index (χ0v) is 19.5. The molecule has 4 rings (SSSR count). The molecule has 0 fully saturated rings. The summed E-state index contributed by atoms with van der Waals surface area (Å²) >= 11 is 6.36. The third-order valence-corrected chi connectivity index (χ3v) is 7.21. The lowest BCUT2D eigenvalue weighted by Gasteiger charge is -2.28. The number of aryl methyl sites for hydroxylation is 1. The van der Waals surface area contributed by atoms with Crippen LogP contribution in [0.2, 0.25) is 5.02 Å². The van der Waals surface area contributed by atoms with Crippen molar-refractivity contribution in [2.24, 2.45) is 0 Å². The highest BCUT2D eigenvalue weighted by Crippen LogP contribution is 2.34. The molecule has 0 unspecified atom stereocenters. The lowest BCUT2D eigenvalue weighted by Crippen LogP contribution is -2.41.